The Bertz CT molecular complexity index is 1070. The van der Waals surface area contributed by atoms with E-state index >= 15 is 0 Å². The Balaban J connectivity index is 1.55. The maximum absolute atomic E-state index is 12.3. The average Bonchev–Trinajstić information content (AvgIpc) is 3.04. The molecule has 2 amide bonds. The van der Waals surface area contributed by atoms with Crippen LogP contribution >= 0.6 is 46.3 Å². The molecular weight excluding hydrogens is 461 g/mol. The van der Waals surface area contributed by atoms with Crippen LogP contribution in [0.25, 0.3) is 0 Å². The van der Waals surface area contributed by atoms with E-state index in [-0.39, 0.29) is 17.6 Å². The number of hydrogen-bond donors (Lipinski definition) is 2. The average molecular weight is 480 g/mol. The molecule has 5 nitrogen and oxygen atoms in total. The molecule has 2 aromatic carbocycles. The second-order valence-corrected chi connectivity index (χ2v) is 9.65. The third kappa shape index (κ3) is 6.47. The predicted octanol–water partition coefficient (Wildman–Crippen LogP) is 6.04. The minimum atomic E-state index is -0.140. The summed E-state index contributed by atoms with van der Waals surface area (Å²) in [6.07, 6.45) is 0.649. The van der Waals surface area contributed by atoms with Gasteiger partial charge in [-0.25, -0.2) is 4.98 Å². The van der Waals surface area contributed by atoms with Crippen molar-refractivity contribution >= 4 is 69.5 Å². The highest BCUT2D eigenvalue weighted by molar-refractivity contribution is 8.01. The van der Waals surface area contributed by atoms with Gasteiger partial charge in [0, 0.05) is 39.6 Å². The van der Waals surface area contributed by atoms with Crippen LogP contribution in [-0.2, 0) is 16.0 Å². The molecule has 3 rings (SSSR count). The Kier molecular flexibility index (Phi) is 7.77. The van der Waals surface area contributed by atoms with Crippen LogP contribution in [0.1, 0.15) is 23.1 Å². The summed E-state index contributed by atoms with van der Waals surface area (Å²) in [5, 5.41) is 6.84. The lowest BCUT2D eigenvalue weighted by atomic mass is 10.1. The lowest BCUT2D eigenvalue weighted by Gasteiger charge is -2.06. The van der Waals surface area contributed by atoms with Crippen molar-refractivity contribution in [3.63, 3.8) is 0 Å². The largest absolute Gasteiger partial charge is 0.326 e. The van der Waals surface area contributed by atoms with Gasteiger partial charge < -0.3 is 10.6 Å². The molecule has 0 atom stereocenters. The van der Waals surface area contributed by atoms with Crippen molar-refractivity contribution in [2.24, 2.45) is 0 Å². The minimum Gasteiger partial charge on any atom is -0.326 e. The number of thiazole rings is 1. The lowest BCUT2D eigenvalue weighted by Crippen LogP contribution is -2.14. The number of carbonyl (C=O) groups is 2. The summed E-state index contributed by atoms with van der Waals surface area (Å²) in [5.74, 6) is -0.0175. The van der Waals surface area contributed by atoms with Crippen LogP contribution in [0.4, 0.5) is 11.4 Å². The van der Waals surface area contributed by atoms with Crippen LogP contribution in [0.15, 0.2) is 46.8 Å². The number of hydrogen-bond acceptors (Lipinski definition) is 5. The molecule has 30 heavy (non-hydrogen) atoms. The Morgan fingerprint density at radius 2 is 1.73 bits per heavy atom. The Morgan fingerprint density at radius 1 is 1.07 bits per heavy atom. The summed E-state index contributed by atoms with van der Waals surface area (Å²) >= 11 is 15.3. The summed E-state index contributed by atoms with van der Waals surface area (Å²) < 4.78 is 0.830. The normalized spacial score (nSPS) is 10.7. The van der Waals surface area contributed by atoms with Crippen molar-refractivity contribution in [3.8, 4) is 0 Å². The molecule has 0 saturated heterocycles. The molecule has 9 heteroatoms. The fourth-order valence-corrected chi connectivity index (χ4v) is 5.08. The number of carbonyl (C=O) groups excluding carboxylic acids is 2. The number of thioether (sulfide) groups is 1. The molecule has 0 spiro atoms. The number of benzene rings is 2. The van der Waals surface area contributed by atoms with Gasteiger partial charge in [0.05, 0.1) is 11.4 Å². The summed E-state index contributed by atoms with van der Waals surface area (Å²) in [6, 6.07) is 12.4. The number of amides is 2. The van der Waals surface area contributed by atoms with E-state index in [1.807, 2.05) is 13.0 Å². The van der Waals surface area contributed by atoms with E-state index in [2.05, 4.69) is 15.6 Å². The monoisotopic (exact) mass is 479 g/mol. The van der Waals surface area contributed by atoms with Crippen LogP contribution in [0.2, 0.25) is 10.0 Å². The summed E-state index contributed by atoms with van der Waals surface area (Å²) in [5.41, 5.74) is 3.22. The second-order valence-electron chi connectivity index (χ2n) is 6.50. The summed E-state index contributed by atoms with van der Waals surface area (Å²) in [6.45, 7) is 3.40. The van der Waals surface area contributed by atoms with Gasteiger partial charge in [-0.15, -0.1) is 11.3 Å². The van der Waals surface area contributed by atoms with E-state index < -0.39 is 0 Å². The van der Waals surface area contributed by atoms with Crippen molar-refractivity contribution in [3.05, 3.63) is 68.6 Å². The standard InChI is InChI=1S/C21H19Cl2N3O2S2/c1-12-19(10-14-9-15(22)3-8-18(14)23)30-21(24-12)29-11-20(28)26-17-6-4-16(5-7-17)25-13(2)27/h3-9H,10-11H2,1-2H3,(H,25,27)(H,26,28). The first-order chi connectivity index (χ1) is 14.3. The minimum absolute atomic E-state index is 0.125. The van der Waals surface area contributed by atoms with Gasteiger partial charge in [-0.2, -0.15) is 0 Å². The Labute approximate surface area is 193 Å². The van der Waals surface area contributed by atoms with Crippen molar-refractivity contribution in [2.75, 3.05) is 16.4 Å². The zero-order valence-electron chi connectivity index (χ0n) is 16.3. The number of nitrogens with one attached hydrogen (secondary N) is 2. The molecule has 156 valence electrons. The molecule has 2 N–H and O–H groups in total. The molecular formula is C21H19Cl2N3O2S2. The van der Waals surface area contributed by atoms with E-state index in [0.717, 1.165) is 20.5 Å². The second kappa shape index (κ2) is 10.3. The molecule has 0 aliphatic heterocycles. The van der Waals surface area contributed by atoms with Crippen molar-refractivity contribution in [1.29, 1.82) is 0 Å². The van der Waals surface area contributed by atoms with Crippen molar-refractivity contribution < 1.29 is 9.59 Å². The van der Waals surface area contributed by atoms with Crippen molar-refractivity contribution in [2.45, 2.75) is 24.6 Å². The van der Waals surface area contributed by atoms with Crippen LogP contribution in [0, 0.1) is 6.92 Å². The highest BCUT2D eigenvalue weighted by Gasteiger charge is 2.13. The highest BCUT2D eigenvalue weighted by Crippen LogP contribution is 2.31. The van der Waals surface area contributed by atoms with Crippen LogP contribution in [-0.4, -0.2) is 22.6 Å². The predicted molar refractivity (Wildman–Crippen MR) is 126 cm³/mol. The van der Waals surface area contributed by atoms with E-state index in [0.29, 0.717) is 27.8 Å². The van der Waals surface area contributed by atoms with Crippen LogP contribution in [0.3, 0.4) is 0 Å². The van der Waals surface area contributed by atoms with Crippen LogP contribution in [0.5, 0.6) is 0 Å². The first-order valence-corrected chi connectivity index (χ1v) is 11.6. The van der Waals surface area contributed by atoms with Crippen molar-refractivity contribution in [1.82, 2.24) is 4.98 Å². The zero-order chi connectivity index (χ0) is 21.7. The SMILES string of the molecule is CC(=O)Nc1ccc(NC(=O)CSc2nc(C)c(Cc3cc(Cl)ccc3Cl)s2)cc1. The maximum Gasteiger partial charge on any atom is 0.234 e. The number of aryl methyl sites for hydroxylation is 1. The van der Waals surface area contributed by atoms with Gasteiger partial charge in [-0.3, -0.25) is 9.59 Å². The quantitative estimate of drug-likeness (QED) is 0.405. The van der Waals surface area contributed by atoms with Gasteiger partial charge in [0.15, 0.2) is 4.34 Å². The molecule has 0 radical (unpaired) electrons. The van der Waals surface area contributed by atoms with Gasteiger partial charge >= 0.3 is 0 Å². The number of aromatic nitrogens is 1. The fraction of sp³-hybridized carbons (Fsp3) is 0.190. The van der Waals surface area contributed by atoms with E-state index in [1.54, 1.807) is 47.7 Å². The molecule has 0 aliphatic carbocycles. The molecule has 0 unspecified atom stereocenters. The molecule has 0 saturated carbocycles. The molecule has 1 aromatic heterocycles. The van der Waals surface area contributed by atoms with Gasteiger partial charge in [0.2, 0.25) is 11.8 Å². The first-order valence-electron chi connectivity index (χ1n) is 9.00. The summed E-state index contributed by atoms with van der Waals surface area (Å²) in [4.78, 5) is 29.0. The molecule has 0 bridgehead atoms. The third-order valence-corrected chi connectivity index (χ3v) is 6.95. The van der Waals surface area contributed by atoms with Gasteiger partial charge in [-0.05, 0) is 55.0 Å². The van der Waals surface area contributed by atoms with Crippen LogP contribution < -0.4 is 10.6 Å². The topological polar surface area (TPSA) is 71.1 Å². The molecule has 1 heterocycles. The Hall–Kier alpha value is -2.06. The fourth-order valence-electron chi connectivity index (χ4n) is 2.64. The summed E-state index contributed by atoms with van der Waals surface area (Å²) in [7, 11) is 0. The molecule has 0 fully saturated rings. The molecule has 0 aliphatic rings. The van der Waals surface area contributed by atoms with E-state index in [4.69, 9.17) is 23.2 Å². The smallest absolute Gasteiger partial charge is 0.234 e. The highest BCUT2D eigenvalue weighted by atomic mass is 35.5. The number of nitrogens with zero attached hydrogens (tertiary/aromatic N) is 1. The molecule has 3 aromatic rings. The lowest BCUT2D eigenvalue weighted by molar-refractivity contribution is -0.114. The van der Waals surface area contributed by atoms with E-state index in [9.17, 15) is 9.59 Å². The first kappa shape index (κ1) is 22.6. The number of rotatable bonds is 7. The Morgan fingerprint density at radius 3 is 2.40 bits per heavy atom. The number of anilines is 2. The van der Waals surface area contributed by atoms with E-state index in [1.165, 1.54) is 18.7 Å². The van der Waals surface area contributed by atoms with Gasteiger partial charge in [0.25, 0.3) is 0 Å². The van der Waals surface area contributed by atoms with Gasteiger partial charge in [-0.1, -0.05) is 35.0 Å². The van der Waals surface area contributed by atoms with Gasteiger partial charge in [0.1, 0.15) is 0 Å². The third-order valence-electron chi connectivity index (χ3n) is 4.05. The maximum atomic E-state index is 12.3. The zero-order valence-corrected chi connectivity index (χ0v) is 19.4. The number of halogens is 2.